The van der Waals surface area contributed by atoms with Crippen molar-refractivity contribution in [2.45, 2.75) is 20.3 Å². The molecule has 11 heavy (non-hydrogen) atoms. The molecule has 3 heteroatoms. The molecule has 0 spiro atoms. The molecule has 0 aromatic rings. The predicted octanol–water partition coefficient (Wildman–Crippen LogP) is 0.726. The van der Waals surface area contributed by atoms with E-state index in [1.54, 1.807) is 13.8 Å². The van der Waals surface area contributed by atoms with Gasteiger partial charge in [-0.15, -0.1) is 0 Å². The lowest BCUT2D eigenvalue weighted by atomic mass is 9.86. The molecule has 0 amide bonds. The zero-order valence-electron chi connectivity index (χ0n) is 6.87. The molecular weight excluding hydrogens is 144 g/mol. The topological polar surface area (TPSA) is 57.5 Å². The molecule has 0 aromatic heterocycles. The molecule has 0 aromatic carbocycles. The molecule has 1 aliphatic rings. The number of carboxylic acid groups (broad SMARTS) is 1. The van der Waals surface area contributed by atoms with E-state index >= 15 is 0 Å². The van der Waals surface area contributed by atoms with E-state index in [1.807, 2.05) is 0 Å². The monoisotopic (exact) mass is 158 g/mol. The summed E-state index contributed by atoms with van der Waals surface area (Å²) in [6, 6.07) is 0. The van der Waals surface area contributed by atoms with E-state index in [1.165, 1.54) is 0 Å². The first kappa shape index (κ1) is 8.53. The van der Waals surface area contributed by atoms with E-state index in [4.69, 9.17) is 10.2 Å². The summed E-state index contributed by atoms with van der Waals surface area (Å²) in [5, 5.41) is 17.5. The Bertz CT molecular complexity index is 174. The van der Waals surface area contributed by atoms with E-state index in [2.05, 4.69) is 0 Å². The van der Waals surface area contributed by atoms with Gasteiger partial charge in [0, 0.05) is 6.61 Å². The standard InChI is InChI=1S/C8H14O3/c1-8(2,7(10)11)6-3-5(6)4-9/h5-6,9H,3-4H2,1-2H3,(H,10,11). The fraction of sp³-hybridized carbons (Fsp3) is 0.875. The summed E-state index contributed by atoms with van der Waals surface area (Å²) in [5.74, 6) is -0.371. The lowest BCUT2D eigenvalue weighted by molar-refractivity contribution is -0.148. The van der Waals surface area contributed by atoms with Gasteiger partial charge < -0.3 is 10.2 Å². The molecule has 0 aliphatic heterocycles. The third-order valence-corrected chi connectivity index (χ3v) is 2.64. The van der Waals surface area contributed by atoms with Crippen LogP contribution < -0.4 is 0 Å². The lowest BCUT2D eigenvalue weighted by Gasteiger charge is -2.18. The lowest BCUT2D eigenvalue weighted by Crippen LogP contribution is -2.27. The van der Waals surface area contributed by atoms with Gasteiger partial charge in [0.05, 0.1) is 5.41 Å². The minimum absolute atomic E-state index is 0.126. The second kappa shape index (κ2) is 2.48. The maximum atomic E-state index is 10.7. The molecule has 2 atom stereocenters. The number of aliphatic hydroxyl groups is 1. The number of carbonyl (C=O) groups is 1. The highest BCUT2D eigenvalue weighted by Gasteiger charge is 2.51. The van der Waals surface area contributed by atoms with E-state index in [0.29, 0.717) is 0 Å². The molecule has 1 fully saturated rings. The molecule has 3 nitrogen and oxygen atoms in total. The molecule has 2 unspecified atom stereocenters. The van der Waals surface area contributed by atoms with Crippen molar-refractivity contribution in [3.8, 4) is 0 Å². The van der Waals surface area contributed by atoms with Gasteiger partial charge >= 0.3 is 5.97 Å². The molecule has 0 saturated heterocycles. The highest BCUT2D eigenvalue weighted by atomic mass is 16.4. The Balaban J connectivity index is 2.55. The van der Waals surface area contributed by atoms with Crippen LogP contribution in [0.4, 0.5) is 0 Å². The van der Waals surface area contributed by atoms with Gasteiger partial charge in [-0.1, -0.05) is 0 Å². The van der Waals surface area contributed by atoms with E-state index in [-0.39, 0.29) is 18.4 Å². The van der Waals surface area contributed by atoms with Crippen LogP contribution in [0.1, 0.15) is 20.3 Å². The molecule has 0 radical (unpaired) electrons. The highest BCUT2D eigenvalue weighted by Crippen LogP contribution is 2.50. The van der Waals surface area contributed by atoms with Crippen LogP contribution in [0.2, 0.25) is 0 Å². The summed E-state index contributed by atoms with van der Waals surface area (Å²) in [5.41, 5.74) is -0.659. The van der Waals surface area contributed by atoms with Gasteiger partial charge in [0.25, 0.3) is 0 Å². The van der Waals surface area contributed by atoms with Gasteiger partial charge in [0.1, 0.15) is 0 Å². The Morgan fingerprint density at radius 2 is 2.18 bits per heavy atom. The second-order valence-electron chi connectivity index (χ2n) is 3.81. The third-order valence-electron chi connectivity index (χ3n) is 2.64. The van der Waals surface area contributed by atoms with Gasteiger partial charge in [-0.2, -0.15) is 0 Å². The Morgan fingerprint density at radius 1 is 1.64 bits per heavy atom. The summed E-state index contributed by atoms with van der Waals surface area (Å²) in [6.07, 6.45) is 0.857. The quantitative estimate of drug-likeness (QED) is 0.636. The molecule has 0 heterocycles. The van der Waals surface area contributed by atoms with Gasteiger partial charge in [-0.25, -0.2) is 0 Å². The molecule has 0 bridgehead atoms. The number of aliphatic carboxylic acids is 1. The predicted molar refractivity (Wildman–Crippen MR) is 40.1 cm³/mol. The van der Waals surface area contributed by atoms with Crippen LogP contribution in [-0.2, 0) is 4.79 Å². The van der Waals surface area contributed by atoms with Gasteiger partial charge in [-0.3, -0.25) is 4.79 Å². The van der Waals surface area contributed by atoms with Crippen LogP contribution in [0.3, 0.4) is 0 Å². The van der Waals surface area contributed by atoms with Gasteiger partial charge in [0.2, 0.25) is 0 Å². The van der Waals surface area contributed by atoms with E-state index in [0.717, 1.165) is 6.42 Å². The number of carboxylic acids is 1. The largest absolute Gasteiger partial charge is 0.481 e. The molecule has 1 rings (SSSR count). The van der Waals surface area contributed by atoms with Crippen molar-refractivity contribution in [2.24, 2.45) is 17.3 Å². The Labute approximate surface area is 66.0 Å². The molecule has 1 saturated carbocycles. The van der Waals surface area contributed by atoms with Crippen LogP contribution >= 0.6 is 0 Å². The van der Waals surface area contributed by atoms with Crippen LogP contribution in [0.5, 0.6) is 0 Å². The van der Waals surface area contributed by atoms with Crippen LogP contribution in [-0.4, -0.2) is 22.8 Å². The zero-order valence-corrected chi connectivity index (χ0v) is 6.87. The fourth-order valence-electron chi connectivity index (χ4n) is 1.49. The Hall–Kier alpha value is -0.570. The average Bonchev–Trinajstić information content (AvgIpc) is 2.65. The van der Waals surface area contributed by atoms with Crippen LogP contribution in [0.25, 0.3) is 0 Å². The van der Waals surface area contributed by atoms with E-state index in [9.17, 15) is 4.79 Å². The van der Waals surface area contributed by atoms with Crippen LogP contribution in [0.15, 0.2) is 0 Å². The van der Waals surface area contributed by atoms with Crippen molar-refractivity contribution in [2.75, 3.05) is 6.61 Å². The first-order valence-electron chi connectivity index (χ1n) is 3.84. The maximum Gasteiger partial charge on any atom is 0.309 e. The second-order valence-corrected chi connectivity index (χ2v) is 3.81. The number of aliphatic hydroxyl groups excluding tert-OH is 1. The summed E-state index contributed by atoms with van der Waals surface area (Å²) in [7, 11) is 0. The fourth-order valence-corrected chi connectivity index (χ4v) is 1.49. The van der Waals surface area contributed by atoms with Gasteiger partial charge in [0.15, 0.2) is 0 Å². The molecule has 1 aliphatic carbocycles. The zero-order chi connectivity index (χ0) is 8.65. The van der Waals surface area contributed by atoms with Crippen molar-refractivity contribution >= 4 is 5.97 Å². The van der Waals surface area contributed by atoms with Crippen molar-refractivity contribution in [1.29, 1.82) is 0 Å². The van der Waals surface area contributed by atoms with E-state index < -0.39 is 11.4 Å². The highest BCUT2D eigenvalue weighted by molar-refractivity contribution is 5.74. The summed E-state index contributed by atoms with van der Waals surface area (Å²) in [6.45, 7) is 3.56. The number of hydrogen-bond acceptors (Lipinski definition) is 2. The van der Waals surface area contributed by atoms with Gasteiger partial charge in [-0.05, 0) is 32.1 Å². The first-order chi connectivity index (χ1) is 5.00. The number of hydrogen-bond donors (Lipinski definition) is 2. The van der Waals surface area contributed by atoms with Crippen molar-refractivity contribution < 1.29 is 15.0 Å². The summed E-state index contributed by atoms with van der Waals surface area (Å²) >= 11 is 0. The maximum absolute atomic E-state index is 10.7. The van der Waals surface area contributed by atoms with Crippen molar-refractivity contribution in [3.63, 3.8) is 0 Å². The molecular formula is C8H14O3. The van der Waals surface area contributed by atoms with Crippen molar-refractivity contribution in [3.05, 3.63) is 0 Å². The van der Waals surface area contributed by atoms with Crippen molar-refractivity contribution in [1.82, 2.24) is 0 Å². The molecule has 2 N–H and O–H groups in total. The van der Waals surface area contributed by atoms with Crippen LogP contribution in [0, 0.1) is 17.3 Å². The minimum atomic E-state index is -0.765. The summed E-state index contributed by atoms with van der Waals surface area (Å²) in [4.78, 5) is 10.7. The molecule has 64 valence electrons. The first-order valence-corrected chi connectivity index (χ1v) is 3.84. The minimum Gasteiger partial charge on any atom is -0.481 e. The number of rotatable bonds is 3. The SMILES string of the molecule is CC(C)(C(=O)O)C1CC1CO. The normalized spacial score (nSPS) is 30.1. The summed E-state index contributed by atoms with van der Waals surface area (Å²) < 4.78 is 0. The Kier molecular flexibility index (Phi) is 1.92. The Morgan fingerprint density at radius 3 is 2.45 bits per heavy atom. The third kappa shape index (κ3) is 1.38. The smallest absolute Gasteiger partial charge is 0.309 e. The average molecular weight is 158 g/mol.